The summed E-state index contributed by atoms with van der Waals surface area (Å²) < 4.78 is 11.0. The Morgan fingerprint density at radius 2 is 1.61 bits per heavy atom. The van der Waals surface area contributed by atoms with Crippen molar-refractivity contribution >= 4 is 18.0 Å². The SMILES string of the molecule is CC(C)(C)OC(=O)N[C@@H](Cc1ccc(OCc2ccccc2)cc1)C(=O)NCC(=O)O. The molecule has 0 radical (unpaired) electrons. The topological polar surface area (TPSA) is 114 Å². The summed E-state index contributed by atoms with van der Waals surface area (Å²) in [5, 5.41) is 13.6. The van der Waals surface area contributed by atoms with Crippen LogP contribution in [0.2, 0.25) is 0 Å². The van der Waals surface area contributed by atoms with Gasteiger partial charge in [0.2, 0.25) is 5.91 Å². The number of alkyl carbamates (subject to hydrolysis) is 1. The third kappa shape index (κ3) is 9.20. The van der Waals surface area contributed by atoms with E-state index < -0.39 is 36.2 Å². The number of aliphatic carboxylic acids is 1. The van der Waals surface area contributed by atoms with Gasteiger partial charge in [0.15, 0.2) is 0 Å². The molecule has 0 saturated heterocycles. The average molecular weight is 428 g/mol. The van der Waals surface area contributed by atoms with Gasteiger partial charge in [0.1, 0.15) is 30.5 Å². The molecule has 166 valence electrons. The standard InChI is InChI=1S/C23H28N2O6/c1-23(2,3)31-22(29)25-19(21(28)24-14-20(26)27)13-16-9-11-18(12-10-16)30-15-17-7-5-4-6-8-17/h4-12,19H,13-15H2,1-3H3,(H,24,28)(H,25,29)(H,26,27)/t19-/m0/s1. The molecule has 0 aromatic heterocycles. The Morgan fingerprint density at radius 1 is 0.968 bits per heavy atom. The number of amides is 2. The number of benzene rings is 2. The zero-order valence-corrected chi connectivity index (χ0v) is 17.9. The molecule has 0 aliphatic rings. The van der Waals surface area contributed by atoms with Crippen molar-refractivity contribution in [2.75, 3.05) is 6.54 Å². The van der Waals surface area contributed by atoms with E-state index in [0.29, 0.717) is 12.4 Å². The Morgan fingerprint density at radius 3 is 2.19 bits per heavy atom. The molecule has 0 aliphatic carbocycles. The first-order valence-electron chi connectivity index (χ1n) is 9.87. The fraction of sp³-hybridized carbons (Fsp3) is 0.348. The van der Waals surface area contributed by atoms with Crippen LogP contribution in [0.25, 0.3) is 0 Å². The predicted molar refractivity (Wildman–Crippen MR) is 115 cm³/mol. The first kappa shape index (κ1) is 23.7. The zero-order chi connectivity index (χ0) is 22.9. The first-order valence-corrected chi connectivity index (χ1v) is 9.87. The number of ether oxygens (including phenoxy) is 2. The van der Waals surface area contributed by atoms with Gasteiger partial charge in [-0.1, -0.05) is 42.5 Å². The molecule has 3 N–H and O–H groups in total. The molecule has 2 aromatic carbocycles. The second-order valence-electron chi connectivity index (χ2n) is 7.93. The summed E-state index contributed by atoms with van der Waals surface area (Å²) in [5.74, 6) is -1.12. The monoisotopic (exact) mass is 428 g/mol. The van der Waals surface area contributed by atoms with Gasteiger partial charge in [-0.3, -0.25) is 9.59 Å². The van der Waals surface area contributed by atoms with Crippen LogP contribution < -0.4 is 15.4 Å². The fourth-order valence-electron chi connectivity index (χ4n) is 2.64. The number of carboxylic acid groups (broad SMARTS) is 1. The summed E-state index contributed by atoms with van der Waals surface area (Å²) >= 11 is 0. The molecule has 1 atom stereocenters. The fourth-order valence-corrected chi connectivity index (χ4v) is 2.64. The quantitative estimate of drug-likeness (QED) is 0.566. The average Bonchev–Trinajstić information content (AvgIpc) is 2.70. The number of hydrogen-bond donors (Lipinski definition) is 3. The third-order valence-corrected chi connectivity index (χ3v) is 4.03. The maximum atomic E-state index is 12.4. The van der Waals surface area contributed by atoms with Crippen molar-refractivity contribution in [3.63, 3.8) is 0 Å². The number of nitrogens with one attached hydrogen (secondary N) is 2. The Kier molecular flexibility index (Phi) is 8.43. The Labute approximate surface area is 181 Å². The molecule has 0 spiro atoms. The normalized spacial score (nSPS) is 11.8. The molecule has 2 amide bonds. The minimum atomic E-state index is -1.18. The van der Waals surface area contributed by atoms with Gasteiger partial charge in [0.05, 0.1) is 0 Å². The highest BCUT2D eigenvalue weighted by molar-refractivity contribution is 5.88. The Bertz CT molecular complexity index is 875. The Balaban J connectivity index is 2.01. The molecule has 8 heteroatoms. The van der Waals surface area contributed by atoms with Gasteiger partial charge in [-0.05, 0) is 44.0 Å². The third-order valence-electron chi connectivity index (χ3n) is 4.03. The molecule has 0 heterocycles. The van der Waals surface area contributed by atoms with E-state index in [9.17, 15) is 14.4 Å². The van der Waals surface area contributed by atoms with Crippen molar-refractivity contribution in [3.05, 3.63) is 65.7 Å². The van der Waals surface area contributed by atoms with Gasteiger partial charge >= 0.3 is 12.1 Å². The lowest BCUT2D eigenvalue weighted by molar-refractivity contribution is -0.138. The Hall–Kier alpha value is -3.55. The molecule has 31 heavy (non-hydrogen) atoms. The van der Waals surface area contributed by atoms with E-state index in [1.54, 1.807) is 45.0 Å². The lowest BCUT2D eigenvalue weighted by Crippen LogP contribution is -2.50. The van der Waals surface area contributed by atoms with Crippen LogP contribution in [0.1, 0.15) is 31.9 Å². The summed E-state index contributed by atoms with van der Waals surface area (Å²) in [6.45, 7) is 5.01. The summed E-state index contributed by atoms with van der Waals surface area (Å²) in [7, 11) is 0. The van der Waals surface area contributed by atoms with Crippen LogP contribution in [-0.4, -0.2) is 41.3 Å². The van der Waals surface area contributed by atoms with E-state index in [-0.39, 0.29) is 6.42 Å². The van der Waals surface area contributed by atoms with Crippen LogP contribution >= 0.6 is 0 Å². The molecule has 2 rings (SSSR count). The lowest BCUT2D eigenvalue weighted by atomic mass is 10.1. The number of hydrogen-bond acceptors (Lipinski definition) is 5. The molecule has 0 saturated carbocycles. The number of rotatable bonds is 9. The summed E-state index contributed by atoms with van der Waals surface area (Å²) in [6, 6.07) is 15.9. The molecule has 0 bridgehead atoms. The minimum Gasteiger partial charge on any atom is -0.489 e. The first-order chi connectivity index (χ1) is 14.6. The van der Waals surface area contributed by atoms with Crippen LogP contribution in [0.15, 0.2) is 54.6 Å². The molecular formula is C23H28N2O6. The predicted octanol–water partition coefficient (Wildman–Crippen LogP) is 2.90. The van der Waals surface area contributed by atoms with Crippen molar-refractivity contribution in [2.45, 2.75) is 45.4 Å². The van der Waals surface area contributed by atoms with Gasteiger partial charge in [0, 0.05) is 6.42 Å². The van der Waals surface area contributed by atoms with Gasteiger partial charge in [0.25, 0.3) is 0 Å². The summed E-state index contributed by atoms with van der Waals surface area (Å²) in [5.41, 5.74) is 1.08. The highest BCUT2D eigenvalue weighted by atomic mass is 16.6. The van der Waals surface area contributed by atoms with Crippen molar-refractivity contribution < 1.29 is 29.0 Å². The van der Waals surface area contributed by atoms with Crippen LogP contribution in [-0.2, 0) is 27.4 Å². The van der Waals surface area contributed by atoms with Crippen LogP contribution in [0.3, 0.4) is 0 Å². The van der Waals surface area contributed by atoms with Crippen LogP contribution in [0.5, 0.6) is 5.75 Å². The van der Waals surface area contributed by atoms with E-state index in [1.807, 2.05) is 30.3 Å². The van der Waals surface area contributed by atoms with Gasteiger partial charge in [-0.15, -0.1) is 0 Å². The highest BCUT2D eigenvalue weighted by Crippen LogP contribution is 2.16. The molecule has 0 fully saturated rings. The number of carbonyl (C=O) groups is 3. The van der Waals surface area contributed by atoms with Crippen LogP contribution in [0, 0.1) is 0 Å². The van der Waals surface area contributed by atoms with Gasteiger partial charge in [-0.2, -0.15) is 0 Å². The van der Waals surface area contributed by atoms with Gasteiger partial charge in [-0.25, -0.2) is 4.79 Å². The number of carboxylic acids is 1. The maximum absolute atomic E-state index is 12.4. The van der Waals surface area contributed by atoms with Crippen molar-refractivity contribution in [1.82, 2.24) is 10.6 Å². The lowest BCUT2D eigenvalue weighted by Gasteiger charge is -2.23. The van der Waals surface area contributed by atoms with Crippen molar-refractivity contribution in [2.24, 2.45) is 0 Å². The molecule has 2 aromatic rings. The molecular weight excluding hydrogens is 400 g/mol. The minimum absolute atomic E-state index is 0.156. The number of carbonyl (C=O) groups excluding carboxylic acids is 2. The molecule has 0 unspecified atom stereocenters. The largest absolute Gasteiger partial charge is 0.489 e. The molecule has 8 nitrogen and oxygen atoms in total. The second kappa shape index (κ2) is 11.0. The van der Waals surface area contributed by atoms with E-state index in [4.69, 9.17) is 14.6 Å². The zero-order valence-electron chi connectivity index (χ0n) is 17.9. The summed E-state index contributed by atoms with van der Waals surface area (Å²) in [6.07, 6.45) is -0.602. The van der Waals surface area contributed by atoms with Crippen molar-refractivity contribution in [1.29, 1.82) is 0 Å². The van der Waals surface area contributed by atoms with Crippen LogP contribution in [0.4, 0.5) is 4.79 Å². The maximum Gasteiger partial charge on any atom is 0.408 e. The van der Waals surface area contributed by atoms with Crippen molar-refractivity contribution in [3.8, 4) is 5.75 Å². The molecule has 0 aliphatic heterocycles. The second-order valence-corrected chi connectivity index (χ2v) is 7.93. The van der Waals surface area contributed by atoms with E-state index in [1.165, 1.54) is 0 Å². The summed E-state index contributed by atoms with van der Waals surface area (Å²) in [4.78, 5) is 35.3. The highest BCUT2D eigenvalue weighted by Gasteiger charge is 2.25. The van der Waals surface area contributed by atoms with E-state index >= 15 is 0 Å². The van der Waals surface area contributed by atoms with Gasteiger partial charge < -0.3 is 25.2 Å². The van der Waals surface area contributed by atoms with E-state index in [2.05, 4.69) is 10.6 Å². The smallest absolute Gasteiger partial charge is 0.408 e. The van der Waals surface area contributed by atoms with E-state index in [0.717, 1.165) is 11.1 Å².